The number of pyridine rings is 1. The Morgan fingerprint density at radius 2 is 2.00 bits per heavy atom. The molecule has 20 heavy (non-hydrogen) atoms. The normalized spacial score (nSPS) is 11.1. The molecule has 0 aliphatic heterocycles. The highest BCUT2D eigenvalue weighted by Gasteiger charge is 2.12. The first-order valence-corrected chi connectivity index (χ1v) is 7.71. The predicted molar refractivity (Wildman–Crippen MR) is 85.2 cm³/mol. The summed E-state index contributed by atoms with van der Waals surface area (Å²) in [5.74, 6) is 1.53. The summed E-state index contributed by atoms with van der Waals surface area (Å²) in [6, 6.07) is 12.3. The van der Waals surface area contributed by atoms with Crippen LogP contribution in [0.5, 0.6) is 0 Å². The highest BCUT2D eigenvalue weighted by atomic mass is 79.9. The Bertz CT molecular complexity index is 725. The minimum atomic E-state index is 0.555. The fraction of sp³-hybridized carbons (Fsp3) is 0.200. The third-order valence-corrected chi connectivity index (χ3v) is 3.75. The molecule has 2 heterocycles. The minimum Gasteiger partial charge on any atom is -0.308 e. The first-order chi connectivity index (χ1) is 9.78. The predicted octanol–water partition coefficient (Wildman–Crippen LogP) is 4.02. The number of nitrogens with zero attached hydrogens (tertiary/aromatic N) is 3. The lowest BCUT2D eigenvalue weighted by atomic mass is 10.2. The lowest BCUT2D eigenvalue weighted by Crippen LogP contribution is -2.06. The second-order valence-corrected chi connectivity index (χ2v) is 5.83. The molecule has 0 unspecified atom stereocenters. The Labute approximate surface area is 130 Å². The summed E-state index contributed by atoms with van der Waals surface area (Å²) in [5, 5.41) is 0. The monoisotopic (exact) mass is 349 g/mol. The van der Waals surface area contributed by atoms with Crippen molar-refractivity contribution in [3.05, 3.63) is 58.5 Å². The number of hydrogen-bond acceptors (Lipinski definition) is 2. The molecule has 5 heteroatoms. The molecule has 2 aromatic heterocycles. The van der Waals surface area contributed by atoms with Crippen LogP contribution in [0.3, 0.4) is 0 Å². The van der Waals surface area contributed by atoms with Gasteiger partial charge in [-0.05, 0) is 27.6 Å². The summed E-state index contributed by atoms with van der Waals surface area (Å²) >= 11 is 9.32. The zero-order valence-corrected chi connectivity index (χ0v) is 13.1. The van der Waals surface area contributed by atoms with E-state index in [0.717, 1.165) is 34.4 Å². The summed E-state index contributed by atoms with van der Waals surface area (Å²) in [7, 11) is 0. The van der Waals surface area contributed by atoms with Gasteiger partial charge >= 0.3 is 0 Å². The van der Waals surface area contributed by atoms with Crippen LogP contribution in [0.2, 0.25) is 0 Å². The van der Waals surface area contributed by atoms with Gasteiger partial charge in [-0.1, -0.05) is 30.3 Å². The fourth-order valence-electron chi connectivity index (χ4n) is 2.24. The number of benzene rings is 1. The van der Waals surface area contributed by atoms with Crippen molar-refractivity contribution in [1.29, 1.82) is 0 Å². The van der Waals surface area contributed by atoms with E-state index in [2.05, 4.69) is 42.6 Å². The molecular weight excluding hydrogens is 338 g/mol. The van der Waals surface area contributed by atoms with Crippen molar-refractivity contribution < 1.29 is 0 Å². The standard InChI is InChI=1S/C15H13BrClN3/c16-12-8-13-15(18-9-12)20(14(19-13)6-7-17)10-11-4-2-1-3-5-11/h1-5,8-9H,6-7,10H2. The summed E-state index contributed by atoms with van der Waals surface area (Å²) in [6.07, 6.45) is 2.54. The quantitative estimate of drug-likeness (QED) is 0.665. The van der Waals surface area contributed by atoms with Crippen LogP contribution in [-0.4, -0.2) is 20.4 Å². The number of aryl methyl sites for hydroxylation is 1. The Kier molecular flexibility index (Phi) is 4.03. The van der Waals surface area contributed by atoms with Gasteiger partial charge in [0.1, 0.15) is 11.3 Å². The number of rotatable bonds is 4. The van der Waals surface area contributed by atoms with Gasteiger partial charge in [-0.3, -0.25) is 0 Å². The molecule has 0 amide bonds. The first kappa shape index (κ1) is 13.6. The van der Waals surface area contributed by atoms with Crippen molar-refractivity contribution in [3.8, 4) is 0 Å². The maximum Gasteiger partial charge on any atom is 0.160 e. The van der Waals surface area contributed by atoms with E-state index in [1.54, 1.807) is 6.20 Å². The smallest absolute Gasteiger partial charge is 0.160 e. The largest absolute Gasteiger partial charge is 0.308 e. The van der Waals surface area contributed by atoms with Crippen molar-refractivity contribution in [1.82, 2.24) is 14.5 Å². The van der Waals surface area contributed by atoms with Gasteiger partial charge in [-0.15, -0.1) is 11.6 Å². The van der Waals surface area contributed by atoms with Crippen LogP contribution in [0.15, 0.2) is 47.1 Å². The third-order valence-electron chi connectivity index (χ3n) is 3.13. The van der Waals surface area contributed by atoms with Gasteiger partial charge in [0.25, 0.3) is 0 Å². The number of hydrogen-bond donors (Lipinski definition) is 0. The van der Waals surface area contributed by atoms with E-state index in [4.69, 9.17) is 11.6 Å². The van der Waals surface area contributed by atoms with Gasteiger partial charge < -0.3 is 4.57 Å². The Hall–Kier alpha value is -1.39. The number of alkyl halides is 1. The van der Waals surface area contributed by atoms with E-state index in [1.807, 2.05) is 24.3 Å². The molecule has 0 radical (unpaired) electrons. The van der Waals surface area contributed by atoms with Crippen molar-refractivity contribution >= 4 is 38.7 Å². The maximum absolute atomic E-state index is 5.89. The summed E-state index contributed by atoms with van der Waals surface area (Å²) in [5.41, 5.74) is 3.03. The van der Waals surface area contributed by atoms with Crippen LogP contribution in [-0.2, 0) is 13.0 Å². The molecule has 0 aliphatic rings. The van der Waals surface area contributed by atoms with Crippen LogP contribution in [0.25, 0.3) is 11.2 Å². The molecule has 0 bridgehead atoms. The highest BCUT2D eigenvalue weighted by molar-refractivity contribution is 9.10. The third kappa shape index (κ3) is 2.72. The van der Waals surface area contributed by atoms with Crippen molar-refractivity contribution in [2.75, 3.05) is 5.88 Å². The topological polar surface area (TPSA) is 30.7 Å². The van der Waals surface area contributed by atoms with E-state index in [9.17, 15) is 0 Å². The molecule has 0 aliphatic carbocycles. The van der Waals surface area contributed by atoms with Crippen LogP contribution in [0.1, 0.15) is 11.4 Å². The second-order valence-electron chi connectivity index (χ2n) is 4.54. The Morgan fingerprint density at radius 1 is 1.20 bits per heavy atom. The zero-order chi connectivity index (χ0) is 13.9. The molecule has 1 aromatic carbocycles. The van der Waals surface area contributed by atoms with Crippen molar-refractivity contribution in [3.63, 3.8) is 0 Å². The molecular formula is C15H13BrClN3. The molecule has 0 saturated carbocycles. The summed E-state index contributed by atoms with van der Waals surface area (Å²) in [4.78, 5) is 9.14. The SMILES string of the molecule is ClCCc1nc2cc(Br)cnc2n1Cc1ccccc1. The van der Waals surface area contributed by atoms with Crippen LogP contribution in [0, 0.1) is 0 Å². The van der Waals surface area contributed by atoms with Crippen LogP contribution < -0.4 is 0 Å². The summed E-state index contributed by atoms with van der Waals surface area (Å²) in [6.45, 7) is 0.762. The number of aromatic nitrogens is 3. The average molecular weight is 351 g/mol. The minimum absolute atomic E-state index is 0.555. The molecule has 0 spiro atoms. The Morgan fingerprint density at radius 3 is 2.75 bits per heavy atom. The van der Waals surface area contributed by atoms with E-state index < -0.39 is 0 Å². The molecule has 3 nitrogen and oxygen atoms in total. The van der Waals surface area contributed by atoms with Crippen LogP contribution >= 0.6 is 27.5 Å². The second kappa shape index (κ2) is 5.94. The van der Waals surface area contributed by atoms with Crippen molar-refractivity contribution in [2.24, 2.45) is 0 Å². The van der Waals surface area contributed by atoms with E-state index in [0.29, 0.717) is 5.88 Å². The van der Waals surface area contributed by atoms with E-state index >= 15 is 0 Å². The first-order valence-electron chi connectivity index (χ1n) is 6.38. The average Bonchev–Trinajstić information content (AvgIpc) is 2.77. The van der Waals surface area contributed by atoms with Gasteiger partial charge in [0, 0.05) is 23.0 Å². The molecule has 3 aromatic rings. The van der Waals surface area contributed by atoms with Crippen molar-refractivity contribution in [2.45, 2.75) is 13.0 Å². The number of fused-ring (bicyclic) bond motifs is 1. The summed E-state index contributed by atoms with van der Waals surface area (Å²) < 4.78 is 3.08. The lowest BCUT2D eigenvalue weighted by Gasteiger charge is -2.08. The lowest BCUT2D eigenvalue weighted by molar-refractivity contribution is 0.747. The van der Waals surface area contributed by atoms with Gasteiger partial charge in [0.15, 0.2) is 5.65 Å². The fourth-order valence-corrected chi connectivity index (χ4v) is 2.73. The van der Waals surface area contributed by atoms with Gasteiger partial charge in [-0.25, -0.2) is 9.97 Å². The molecule has 0 saturated heterocycles. The molecule has 3 rings (SSSR count). The van der Waals surface area contributed by atoms with Crippen LogP contribution in [0.4, 0.5) is 0 Å². The Balaban J connectivity index is 2.09. The number of imidazole rings is 1. The zero-order valence-electron chi connectivity index (χ0n) is 10.8. The highest BCUT2D eigenvalue weighted by Crippen LogP contribution is 2.20. The molecule has 0 fully saturated rings. The number of halogens is 2. The molecule has 102 valence electrons. The van der Waals surface area contributed by atoms with Gasteiger partial charge in [0.05, 0.1) is 6.54 Å². The molecule has 0 atom stereocenters. The van der Waals surface area contributed by atoms with Gasteiger partial charge in [-0.2, -0.15) is 0 Å². The van der Waals surface area contributed by atoms with Gasteiger partial charge in [0.2, 0.25) is 0 Å². The van der Waals surface area contributed by atoms with E-state index in [-0.39, 0.29) is 0 Å². The maximum atomic E-state index is 5.89. The van der Waals surface area contributed by atoms with E-state index in [1.165, 1.54) is 5.56 Å². The molecule has 0 N–H and O–H groups in total.